The van der Waals surface area contributed by atoms with E-state index in [0.717, 1.165) is 28.8 Å². The van der Waals surface area contributed by atoms with Gasteiger partial charge in [0.15, 0.2) is 10.4 Å². The Morgan fingerprint density at radius 2 is 2.24 bits per heavy atom. The molecule has 0 spiro atoms. The van der Waals surface area contributed by atoms with Gasteiger partial charge in [0.2, 0.25) is 0 Å². The molecule has 0 saturated heterocycles. The lowest BCUT2D eigenvalue weighted by molar-refractivity contribution is 0.451. The Bertz CT molecular complexity index is 568. The first-order chi connectivity index (χ1) is 8.19. The maximum Gasteiger partial charge on any atom is 0.179 e. The lowest BCUT2D eigenvalue weighted by Gasteiger charge is -2.16. The summed E-state index contributed by atoms with van der Waals surface area (Å²) < 4.78 is 2.98. The SMILES string of the molecule is CCCC(CC)n1c(=S)[nH]c2c(C)ccnc21. The molecular weight excluding hydrogens is 230 g/mol. The van der Waals surface area contributed by atoms with Crippen molar-refractivity contribution < 1.29 is 0 Å². The summed E-state index contributed by atoms with van der Waals surface area (Å²) >= 11 is 5.44. The molecule has 1 atom stereocenters. The molecular formula is C13H19N3S. The molecule has 0 aliphatic rings. The number of aryl methyl sites for hydroxylation is 1. The van der Waals surface area contributed by atoms with Crippen molar-refractivity contribution in [3.63, 3.8) is 0 Å². The summed E-state index contributed by atoms with van der Waals surface area (Å²) in [5, 5.41) is 0. The van der Waals surface area contributed by atoms with Crippen molar-refractivity contribution in [2.75, 3.05) is 0 Å². The van der Waals surface area contributed by atoms with E-state index in [1.165, 1.54) is 12.0 Å². The number of H-pyrrole nitrogens is 1. The number of nitrogens with zero attached hydrogens (tertiary/aromatic N) is 2. The molecule has 3 nitrogen and oxygen atoms in total. The van der Waals surface area contributed by atoms with Gasteiger partial charge in [0, 0.05) is 12.2 Å². The van der Waals surface area contributed by atoms with E-state index in [9.17, 15) is 0 Å². The second-order valence-corrected chi connectivity index (χ2v) is 4.86. The molecule has 2 heterocycles. The van der Waals surface area contributed by atoms with Crippen molar-refractivity contribution in [2.24, 2.45) is 0 Å². The number of hydrogen-bond donors (Lipinski definition) is 1. The molecule has 0 fully saturated rings. The molecule has 0 amide bonds. The van der Waals surface area contributed by atoms with Gasteiger partial charge in [-0.2, -0.15) is 0 Å². The number of aromatic amines is 1. The summed E-state index contributed by atoms with van der Waals surface area (Å²) in [7, 11) is 0. The zero-order valence-electron chi connectivity index (χ0n) is 10.7. The minimum atomic E-state index is 0.454. The Labute approximate surface area is 107 Å². The van der Waals surface area contributed by atoms with Gasteiger partial charge in [0.1, 0.15) is 0 Å². The third kappa shape index (κ3) is 2.14. The Morgan fingerprint density at radius 3 is 2.88 bits per heavy atom. The van der Waals surface area contributed by atoms with Crippen LogP contribution in [0.5, 0.6) is 0 Å². The summed E-state index contributed by atoms with van der Waals surface area (Å²) in [6.45, 7) is 6.50. The van der Waals surface area contributed by atoms with E-state index in [1.807, 2.05) is 12.3 Å². The maximum absolute atomic E-state index is 5.44. The lowest BCUT2D eigenvalue weighted by atomic mass is 10.1. The fourth-order valence-corrected chi connectivity index (χ4v) is 2.67. The molecule has 2 aromatic rings. The lowest BCUT2D eigenvalue weighted by Crippen LogP contribution is -2.08. The minimum Gasteiger partial charge on any atom is -0.329 e. The van der Waals surface area contributed by atoms with Crippen molar-refractivity contribution in [1.29, 1.82) is 0 Å². The van der Waals surface area contributed by atoms with E-state index >= 15 is 0 Å². The van der Waals surface area contributed by atoms with E-state index in [1.54, 1.807) is 0 Å². The molecule has 2 aromatic heterocycles. The van der Waals surface area contributed by atoms with Crippen molar-refractivity contribution >= 4 is 23.4 Å². The third-order valence-electron chi connectivity index (χ3n) is 3.28. The quantitative estimate of drug-likeness (QED) is 0.826. The van der Waals surface area contributed by atoms with Crippen LogP contribution in [0.2, 0.25) is 0 Å². The fraction of sp³-hybridized carbons (Fsp3) is 0.538. The van der Waals surface area contributed by atoms with Gasteiger partial charge in [-0.25, -0.2) is 4.98 Å². The topological polar surface area (TPSA) is 33.6 Å². The number of pyridine rings is 1. The number of imidazole rings is 1. The first-order valence-corrected chi connectivity index (χ1v) is 6.65. The van der Waals surface area contributed by atoms with Crippen LogP contribution in [0, 0.1) is 11.7 Å². The molecule has 0 aliphatic heterocycles. The number of rotatable bonds is 4. The Hall–Kier alpha value is -1.16. The number of nitrogens with one attached hydrogen (secondary N) is 1. The van der Waals surface area contributed by atoms with Gasteiger partial charge in [0.05, 0.1) is 5.52 Å². The van der Waals surface area contributed by atoms with Crippen molar-refractivity contribution in [3.8, 4) is 0 Å². The van der Waals surface area contributed by atoms with E-state index in [-0.39, 0.29) is 0 Å². The molecule has 0 aliphatic carbocycles. The average molecular weight is 249 g/mol. The largest absolute Gasteiger partial charge is 0.329 e. The summed E-state index contributed by atoms with van der Waals surface area (Å²) in [5.74, 6) is 0. The van der Waals surface area contributed by atoms with E-state index in [2.05, 4.69) is 35.3 Å². The summed E-state index contributed by atoms with van der Waals surface area (Å²) in [6.07, 6.45) is 5.26. The Kier molecular flexibility index (Phi) is 3.62. The van der Waals surface area contributed by atoms with Gasteiger partial charge in [-0.1, -0.05) is 20.3 Å². The Morgan fingerprint density at radius 1 is 1.47 bits per heavy atom. The number of aromatic nitrogens is 3. The standard InChI is InChI=1S/C13H19N3S/c1-4-6-10(5-2)16-12-11(15-13(16)17)9(3)7-8-14-12/h7-8,10H,4-6H2,1-3H3,(H,15,17). The zero-order valence-corrected chi connectivity index (χ0v) is 11.5. The van der Waals surface area contributed by atoms with Crippen LogP contribution in [0.15, 0.2) is 12.3 Å². The maximum atomic E-state index is 5.44. The monoisotopic (exact) mass is 249 g/mol. The molecule has 4 heteroatoms. The molecule has 0 saturated carbocycles. The summed E-state index contributed by atoms with van der Waals surface area (Å²) in [6, 6.07) is 2.47. The molecule has 2 rings (SSSR count). The smallest absolute Gasteiger partial charge is 0.179 e. The van der Waals surface area contributed by atoms with Gasteiger partial charge < -0.3 is 4.98 Å². The molecule has 1 unspecified atom stereocenters. The molecule has 0 radical (unpaired) electrons. The van der Waals surface area contributed by atoms with Crippen LogP contribution < -0.4 is 0 Å². The zero-order chi connectivity index (χ0) is 12.4. The van der Waals surface area contributed by atoms with Gasteiger partial charge in [-0.05, 0) is 43.6 Å². The first-order valence-electron chi connectivity index (χ1n) is 6.24. The van der Waals surface area contributed by atoms with Crippen LogP contribution in [0.1, 0.15) is 44.7 Å². The van der Waals surface area contributed by atoms with E-state index < -0.39 is 0 Å². The van der Waals surface area contributed by atoms with E-state index in [4.69, 9.17) is 12.2 Å². The highest BCUT2D eigenvalue weighted by molar-refractivity contribution is 7.71. The van der Waals surface area contributed by atoms with Crippen LogP contribution in [-0.2, 0) is 0 Å². The normalized spacial score (nSPS) is 13.1. The first kappa shape index (κ1) is 12.3. The predicted molar refractivity (Wildman–Crippen MR) is 73.9 cm³/mol. The van der Waals surface area contributed by atoms with Crippen LogP contribution in [-0.4, -0.2) is 14.5 Å². The van der Waals surface area contributed by atoms with Crippen molar-refractivity contribution in [1.82, 2.24) is 14.5 Å². The highest BCUT2D eigenvalue weighted by atomic mass is 32.1. The molecule has 1 N–H and O–H groups in total. The number of fused-ring (bicyclic) bond motifs is 1. The van der Waals surface area contributed by atoms with Crippen LogP contribution in [0.4, 0.5) is 0 Å². The average Bonchev–Trinajstić information content (AvgIpc) is 2.64. The van der Waals surface area contributed by atoms with Gasteiger partial charge in [-0.15, -0.1) is 0 Å². The second kappa shape index (κ2) is 5.00. The highest BCUT2D eigenvalue weighted by Gasteiger charge is 2.14. The van der Waals surface area contributed by atoms with Gasteiger partial charge in [0.25, 0.3) is 0 Å². The van der Waals surface area contributed by atoms with Crippen molar-refractivity contribution in [2.45, 2.75) is 46.1 Å². The molecule has 0 aromatic carbocycles. The van der Waals surface area contributed by atoms with Crippen LogP contribution >= 0.6 is 12.2 Å². The highest BCUT2D eigenvalue weighted by Crippen LogP contribution is 2.24. The van der Waals surface area contributed by atoms with Gasteiger partial charge in [-0.3, -0.25) is 4.57 Å². The summed E-state index contributed by atoms with van der Waals surface area (Å²) in [5.41, 5.74) is 3.27. The molecule has 92 valence electrons. The van der Waals surface area contributed by atoms with Crippen molar-refractivity contribution in [3.05, 3.63) is 22.6 Å². The predicted octanol–water partition coefficient (Wildman–Crippen LogP) is 4.15. The van der Waals surface area contributed by atoms with Crippen LogP contribution in [0.3, 0.4) is 0 Å². The molecule has 17 heavy (non-hydrogen) atoms. The fourth-order valence-electron chi connectivity index (χ4n) is 2.33. The Balaban J connectivity index is 2.64. The molecule has 0 bridgehead atoms. The van der Waals surface area contributed by atoms with Crippen LogP contribution in [0.25, 0.3) is 11.2 Å². The summed E-state index contributed by atoms with van der Waals surface area (Å²) in [4.78, 5) is 7.76. The minimum absolute atomic E-state index is 0.454. The van der Waals surface area contributed by atoms with Gasteiger partial charge >= 0.3 is 0 Å². The van der Waals surface area contributed by atoms with E-state index in [0.29, 0.717) is 6.04 Å². The number of hydrogen-bond acceptors (Lipinski definition) is 2. The third-order valence-corrected chi connectivity index (χ3v) is 3.58. The second-order valence-electron chi connectivity index (χ2n) is 4.48.